The highest BCUT2D eigenvalue weighted by atomic mass is 16.5. The predicted octanol–water partition coefficient (Wildman–Crippen LogP) is 3.64. The standard InChI is InChI=1S/C18H21NO/c1-12-6-13(2)8-16(7-12)18(19-3)14-4-5-15-10-20-11-17(15)9-14/h4-9,18-19H,10-11H2,1-3H3. The van der Waals surface area contributed by atoms with Gasteiger partial charge in [-0.15, -0.1) is 0 Å². The smallest absolute Gasteiger partial charge is 0.0725 e. The molecule has 1 unspecified atom stereocenters. The van der Waals surface area contributed by atoms with Gasteiger partial charge in [0.1, 0.15) is 0 Å². The van der Waals surface area contributed by atoms with Crippen LogP contribution < -0.4 is 5.32 Å². The Bertz CT molecular complexity index is 613. The van der Waals surface area contributed by atoms with E-state index in [4.69, 9.17) is 4.74 Å². The highest BCUT2D eigenvalue weighted by Crippen LogP contribution is 2.28. The molecule has 0 saturated carbocycles. The fraction of sp³-hybridized carbons (Fsp3) is 0.333. The van der Waals surface area contributed by atoms with Gasteiger partial charge in [-0.3, -0.25) is 0 Å². The molecular formula is C18H21NO. The van der Waals surface area contributed by atoms with Crippen molar-refractivity contribution < 1.29 is 4.74 Å². The van der Waals surface area contributed by atoms with Gasteiger partial charge in [0.05, 0.1) is 19.3 Å². The quantitative estimate of drug-likeness (QED) is 0.916. The Kier molecular flexibility index (Phi) is 3.60. The van der Waals surface area contributed by atoms with Gasteiger partial charge >= 0.3 is 0 Å². The fourth-order valence-corrected chi connectivity index (χ4v) is 3.07. The Hall–Kier alpha value is -1.64. The second kappa shape index (κ2) is 5.39. The fourth-order valence-electron chi connectivity index (χ4n) is 3.07. The molecule has 1 aliphatic heterocycles. The summed E-state index contributed by atoms with van der Waals surface area (Å²) in [6.07, 6.45) is 0. The van der Waals surface area contributed by atoms with Crippen LogP contribution in [0.3, 0.4) is 0 Å². The molecule has 1 aliphatic rings. The van der Waals surface area contributed by atoms with Crippen molar-refractivity contribution in [3.63, 3.8) is 0 Å². The third kappa shape index (κ3) is 2.49. The summed E-state index contributed by atoms with van der Waals surface area (Å²) in [5, 5.41) is 3.44. The lowest BCUT2D eigenvalue weighted by Crippen LogP contribution is -2.18. The second-order valence-electron chi connectivity index (χ2n) is 5.66. The molecule has 1 atom stereocenters. The van der Waals surface area contributed by atoms with Gasteiger partial charge in [-0.25, -0.2) is 0 Å². The molecule has 1 heterocycles. The summed E-state index contributed by atoms with van der Waals surface area (Å²) in [5.74, 6) is 0. The van der Waals surface area contributed by atoms with Crippen molar-refractivity contribution in [1.82, 2.24) is 5.32 Å². The normalized spacial score (nSPS) is 15.2. The Morgan fingerprint density at radius 2 is 1.60 bits per heavy atom. The van der Waals surface area contributed by atoms with Crippen molar-refractivity contribution in [3.05, 3.63) is 69.8 Å². The molecule has 104 valence electrons. The minimum Gasteiger partial charge on any atom is -0.372 e. The molecule has 20 heavy (non-hydrogen) atoms. The lowest BCUT2D eigenvalue weighted by Gasteiger charge is -2.19. The van der Waals surface area contributed by atoms with Crippen LogP contribution in [0.5, 0.6) is 0 Å². The molecule has 0 fully saturated rings. The van der Waals surface area contributed by atoms with Crippen LogP contribution >= 0.6 is 0 Å². The maximum atomic E-state index is 5.51. The summed E-state index contributed by atoms with van der Waals surface area (Å²) < 4.78 is 5.51. The van der Waals surface area contributed by atoms with E-state index in [1.165, 1.54) is 33.4 Å². The number of fused-ring (bicyclic) bond motifs is 1. The molecule has 0 amide bonds. The van der Waals surface area contributed by atoms with Gasteiger partial charge in [-0.05, 0) is 43.1 Å². The van der Waals surface area contributed by atoms with Crippen molar-refractivity contribution >= 4 is 0 Å². The first-order valence-corrected chi connectivity index (χ1v) is 7.12. The third-order valence-electron chi connectivity index (χ3n) is 3.94. The third-order valence-corrected chi connectivity index (χ3v) is 3.94. The summed E-state index contributed by atoms with van der Waals surface area (Å²) in [7, 11) is 2.02. The number of benzene rings is 2. The number of hydrogen-bond donors (Lipinski definition) is 1. The highest BCUT2D eigenvalue weighted by molar-refractivity contribution is 5.41. The number of hydrogen-bond acceptors (Lipinski definition) is 2. The Labute approximate surface area is 120 Å². The maximum absolute atomic E-state index is 5.51. The van der Waals surface area contributed by atoms with Crippen LogP contribution in [0, 0.1) is 13.8 Å². The summed E-state index contributed by atoms with van der Waals surface area (Å²) >= 11 is 0. The van der Waals surface area contributed by atoms with Gasteiger partial charge in [-0.2, -0.15) is 0 Å². The van der Waals surface area contributed by atoms with E-state index >= 15 is 0 Å². The van der Waals surface area contributed by atoms with Crippen LogP contribution in [0.25, 0.3) is 0 Å². The van der Waals surface area contributed by atoms with Crippen molar-refractivity contribution in [1.29, 1.82) is 0 Å². The minimum atomic E-state index is 0.236. The Balaban J connectivity index is 2.01. The monoisotopic (exact) mass is 267 g/mol. The van der Waals surface area contributed by atoms with E-state index in [0.717, 1.165) is 13.2 Å². The number of aryl methyl sites for hydroxylation is 2. The van der Waals surface area contributed by atoms with Crippen molar-refractivity contribution in [2.24, 2.45) is 0 Å². The predicted molar refractivity (Wildman–Crippen MR) is 81.8 cm³/mol. The van der Waals surface area contributed by atoms with Gasteiger partial charge < -0.3 is 10.1 Å². The number of rotatable bonds is 3. The van der Waals surface area contributed by atoms with E-state index in [1.807, 2.05) is 7.05 Å². The van der Waals surface area contributed by atoms with Crippen LogP contribution in [0.15, 0.2) is 36.4 Å². The summed E-state index contributed by atoms with van der Waals surface area (Å²) in [6.45, 7) is 5.80. The van der Waals surface area contributed by atoms with Gasteiger partial charge in [0.2, 0.25) is 0 Å². The molecule has 2 nitrogen and oxygen atoms in total. The number of ether oxygens (including phenoxy) is 1. The molecule has 0 saturated heterocycles. The van der Waals surface area contributed by atoms with Crippen molar-refractivity contribution in [2.45, 2.75) is 33.1 Å². The topological polar surface area (TPSA) is 21.3 Å². The van der Waals surface area contributed by atoms with E-state index in [1.54, 1.807) is 0 Å². The zero-order valence-corrected chi connectivity index (χ0v) is 12.4. The summed E-state index contributed by atoms with van der Waals surface area (Å²) in [5.41, 5.74) is 7.90. The van der Waals surface area contributed by atoms with Crippen molar-refractivity contribution in [2.75, 3.05) is 7.05 Å². The first kappa shape index (κ1) is 13.3. The van der Waals surface area contributed by atoms with E-state index < -0.39 is 0 Å². The second-order valence-corrected chi connectivity index (χ2v) is 5.66. The molecular weight excluding hydrogens is 246 g/mol. The van der Waals surface area contributed by atoms with Crippen LogP contribution in [-0.2, 0) is 18.0 Å². The van der Waals surface area contributed by atoms with E-state index in [9.17, 15) is 0 Å². The average Bonchev–Trinajstić information content (AvgIpc) is 2.86. The summed E-state index contributed by atoms with van der Waals surface area (Å²) in [4.78, 5) is 0. The van der Waals surface area contributed by atoms with Crippen LogP contribution in [0.4, 0.5) is 0 Å². The van der Waals surface area contributed by atoms with Gasteiger partial charge in [0.25, 0.3) is 0 Å². The highest BCUT2D eigenvalue weighted by Gasteiger charge is 2.17. The zero-order valence-electron chi connectivity index (χ0n) is 12.4. The van der Waals surface area contributed by atoms with Gasteiger partial charge in [-0.1, -0.05) is 47.5 Å². The molecule has 0 radical (unpaired) electrons. The zero-order chi connectivity index (χ0) is 14.1. The Morgan fingerprint density at radius 1 is 0.900 bits per heavy atom. The SMILES string of the molecule is CNC(c1cc(C)cc(C)c1)c1ccc2c(c1)COC2. The molecule has 0 spiro atoms. The van der Waals surface area contributed by atoms with E-state index in [2.05, 4.69) is 55.6 Å². The largest absolute Gasteiger partial charge is 0.372 e. The van der Waals surface area contributed by atoms with Gasteiger partial charge in [0.15, 0.2) is 0 Å². The first-order chi connectivity index (χ1) is 9.67. The average molecular weight is 267 g/mol. The Morgan fingerprint density at radius 3 is 2.30 bits per heavy atom. The van der Waals surface area contributed by atoms with E-state index in [-0.39, 0.29) is 6.04 Å². The maximum Gasteiger partial charge on any atom is 0.0725 e. The molecule has 0 aliphatic carbocycles. The molecule has 2 heteroatoms. The molecule has 0 aromatic heterocycles. The van der Waals surface area contributed by atoms with Gasteiger partial charge in [0, 0.05) is 0 Å². The first-order valence-electron chi connectivity index (χ1n) is 7.12. The molecule has 3 rings (SSSR count). The molecule has 1 N–H and O–H groups in total. The minimum absolute atomic E-state index is 0.236. The molecule has 2 aromatic rings. The van der Waals surface area contributed by atoms with E-state index in [0.29, 0.717) is 0 Å². The molecule has 0 bridgehead atoms. The number of nitrogens with one attached hydrogen (secondary N) is 1. The van der Waals surface area contributed by atoms with Crippen LogP contribution in [0.2, 0.25) is 0 Å². The van der Waals surface area contributed by atoms with Crippen LogP contribution in [-0.4, -0.2) is 7.05 Å². The van der Waals surface area contributed by atoms with Crippen LogP contribution in [0.1, 0.15) is 39.4 Å². The lowest BCUT2D eigenvalue weighted by atomic mass is 9.94. The molecule has 2 aromatic carbocycles. The van der Waals surface area contributed by atoms with Crippen molar-refractivity contribution in [3.8, 4) is 0 Å². The lowest BCUT2D eigenvalue weighted by molar-refractivity contribution is 0.134. The summed E-state index contributed by atoms with van der Waals surface area (Å²) in [6, 6.07) is 13.7.